The molecule has 2 rings (SSSR count). The summed E-state index contributed by atoms with van der Waals surface area (Å²) in [4.78, 5) is 14.5. The number of nitrogens with one attached hydrogen (secondary N) is 1. The highest BCUT2D eigenvalue weighted by Crippen LogP contribution is 2.21. The molecule has 1 unspecified atom stereocenters. The van der Waals surface area contributed by atoms with Gasteiger partial charge < -0.3 is 10.2 Å². The van der Waals surface area contributed by atoms with Gasteiger partial charge in [-0.1, -0.05) is 11.6 Å². The van der Waals surface area contributed by atoms with E-state index in [4.69, 9.17) is 11.6 Å². The average molecular weight is 245 g/mol. The first-order chi connectivity index (χ1) is 7.16. The van der Waals surface area contributed by atoms with E-state index in [0.717, 1.165) is 23.8 Å². The molecule has 1 aliphatic heterocycles. The Morgan fingerprint density at radius 3 is 3.00 bits per heavy atom. The lowest BCUT2D eigenvalue weighted by Gasteiger charge is -2.11. The Morgan fingerprint density at radius 2 is 2.47 bits per heavy atom. The van der Waals surface area contributed by atoms with Crippen LogP contribution in [0.5, 0.6) is 0 Å². The first-order valence-corrected chi connectivity index (χ1v) is 6.09. The molecule has 0 saturated carbocycles. The first-order valence-electron chi connectivity index (χ1n) is 4.89. The molecule has 1 fully saturated rings. The molecule has 15 heavy (non-hydrogen) atoms. The summed E-state index contributed by atoms with van der Waals surface area (Å²) in [6.45, 7) is 1.57. The van der Waals surface area contributed by atoms with E-state index in [-0.39, 0.29) is 11.9 Å². The molecule has 0 spiro atoms. The van der Waals surface area contributed by atoms with Gasteiger partial charge in [-0.25, -0.2) is 0 Å². The molecule has 1 N–H and O–H groups in total. The number of amides is 1. The Hall–Kier alpha value is -0.580. The van der Waals surface area contributed by atoms with Gasteiger partial charge >= 0.3 is 0 Å². The van der Waals surface area contributed by atoms with Crippen LogP contribution in [0.4, 0.5) is 0 Å². The van der Waals surface area contributed by atoms with Gasteiger partial charge in [0.1, 0.15) is 0 Å². The second-order valence-corrected chi connectivity index (χ2v) is 5.49. The first kappa shape index (κ1) is 10.9. The van der Waals surface area contributed by atoms with E-state index in [2.05, 4.69) is 5.32 Å². The fraction of sp³-hybridized carbons (Fsp3) is 0.500. The van der Waals surface area contributed by atoms with Crippen LogP contribution in [-0.4, -0.2) is 30.4 Å². The largest absolute Gasteiger partial charge is 0.344 e. The van der Waals surface area contributed by atoms with Crippen molar-refractivity contribution in [1.82, 2.24) is 10.2 Å². The fourth-order valence-electron chi connectivity index (χ4n) is 1.68. The van der Waals surface area contributed by atoms with Crippen molar-refractivity contribution in [2.75, 3.05) is 13.6 Å². The van der Waals surface area contributed by atoms with Gasteiger partial charge in [0.05, 0.1) is 10.4 Å². The lowest BCUT2D eigenvalue weighted by atomic mass is 10.2. The lowest BCUT2D eigenvalue weighted by molar-refractivity contribution is -0.128. The fourth-order valence-corrected chi connectivity index (χ4v) is 2.72. The number of likely N-dealkylation sites (N-methyl/N-ethyl adjacent to an activating group) is 1. The van der Waals surface area contributed by atoms with Gasteiger partial charge in [-0.15, -0.1) is 11.3 Å². The molecule has 82 valence electrons. The maximum Gasteiger partial charge on any atom is 0.239 e. The number of rotatable bonds is 3. The summed E-state index contributed by atoms with van der Waals surface area (Å²) in [5.41, 5.74) is 0. The van der Waals surface area contributed by atoms with Crippen LogP contribution in [-0.2, 0) is 11.3 Å². The van der Waals surface area contributed by atoms with Crippen molar-refractivity contribution in [1.29, 1.82) is 0 Å². The topological polar surface area (TPSA) is 32.3 Å². The summed E-state index contributed by atoms with van der Waals surface area (Å²) in [5, 5.41) is 3.25. The SMILES string of the molecule is CN1CCC(NCc2ccc(Cl)s2)C1=O. The van der Waals surface area contributed by atoms with Crippen molar-refractivity contribution in [3.8, 4) is 0 Å². The van der Waals surface area contributed by atoms with Crippen molar-refractivity contribution in [3.05, 3.63) is 21.3 Å². The number of hydrogen-bond acceptors (Lipinski definition) is 3. The number of halogens is 1. The molecular weight excluding hydrogens is 232 g/mol. The zero-order valence-electron chi connectivity index (χ0n) is 8.50. The molecule has 1 saturated heterocycles. The normalized spacial score (nSPS) is 21.3. The number of carbonyl (C=O) groups is 1. The summed E-state index contributed by atoms with van der Waals surface area (Å²) in [6, 6.07) is 3.85. The maximum absolute atomic E-state index is 11.6. The Kier molecular flexibility index (Phi) is 3.29. The highest BCUT2D eigenvalue weighted by Gasteiger charge is 2.28. The molecule has 1 aliphatic rings. The number of nitrogens with zero attached hydrogens (tertiary/aromatic N) is 1. The van der Waals surface area contributed by atoms with Crippen LogP contribution in [0.3, 0.4) is 0 Å². The molecule has 1 aromatic rings. The summed E-state index contributed by atoms with van der Waals surface area (Å²) >= 11 is 7.37. The van der Waals surface area contributed by atoms with E-state index >= 15 is 0 Å². The van der Waals surface area contributed by atoms with Crippen molar-refractivity contribution in [2.24, 2.45) is 0 Å². The summed E-state index contributed by atoms with van der Waals surface area (Å²) in [7, 11) is 1.84. The van der Waals surface area contributed by atoms with E-state index in [1.807, 2.05) is 19.2 Å². The molecule has 1 aromatic heterocycles. The second kappa shape index (κ2) is 4.51. The van der Waals surface area contributed by atoms with E-state index in [9.17, 15) is 4.79 Å². The van der Waals surface area contributed by atoms with Crippen molar-refractivity contribution >= 4 is 28.8 Å². The van der Waals surface area contributed by atoms with Crippen LogP contribution >= 0.6 is 22.9 Å². The zero-order valence-corrected chi connectivity index (χ0v) is 10.1. The summed E-state index contributed by atoms with van der Waals surface area (Å²) in [5.74, 6) is 0.192. The van der Waals surface area contributed by atoms with E-state index in [0.29, 0.717) is 0 Å². The molecule has 0 aromatic carbocycles. The number of carbonyl (C=O) groups excluding carboxylic acids is 1. The van der Waals surface area contributed by atoms with Crippen LogP contribution in [0, 0.1) is 0 Å². The van der Waals surface area contributed by atoms with Crippen LogP contribution in [0.25, 0.3) is 0 Å². The van der Waals surface area contributed by atoms with Gasteiger partial charge in [0.25, 0.3) is 0 Å². The van der Waals surface area contributed by atoms with E-state index in [1.54, 1.807) is 16.2 Å². The summed E-state index contributed by atoms with van der Waals surface area (Å²) < 4.78 is 0.793. The molecule has 0 bridgehead atoms. The Morgan fingerprint density at radius 1 is 1.67 bits per heavy atom. The highest BCUT2D eigenvalue weighted by atomic mass is 35.5. The number of thiophene rings is 1. The quantitative estimate of drug-likeness (QED) is 0.878. The minimum Gasteiger partial charge on any atom is -0.344 e. The third-order valence-corrected chi connectivity index (χ3v) is 3.81. The van der Waals surface area contributed by atoms with Crippen LogP contribution in [0.2, 0.25) is 4.34 Å². The van der Waals surface area contributed by atoms with E-state index < -0.39 is 0 Å². The lowest BCUT2D eigenvalue weighted by Crippen LogP contribution is -2.36. The molecular formula is C10H13ClN2OS. The predicted molar refractivity (Wildman–Crippen MR) is 62.2 cm³/mol. The molecule has 0 radical (unpaired) electrons. The van der Waals surface area contributed by atoms with Crippen LogP contribution < -0.4 is 5.32 Å². The predicted octanol–water partition coefficient (Wildman–Crippen LogP) is 1.72. The van der Waals surface area contributed by atoms with Crippen LogP contribution in [0.1, 0.15) is 11.3 Å². The van der Waals surface area contributed by atoms with Gasteiger partial charge in [0.2, 0.25) is 5.91 Å². The maximum atomic E-state index is 11.6. The van der Waals surface area contributed by atoms with Gasteiger partial charge in [0.15, 0.2) is 0 Å². The Balaban J connectivity index is 1.86. The highest BCUT2D eigenvalue weighted by molar-refractivity contribution is 7.16. The molecule has 0 aliphatic carbocycles. The number of likely N-dealkylation sites (tertiary alicyclic amines) is 1. The molecule has 1 atom stereocenters. The molecule has 3 nitrogen and oxygen atoms in total. The van der Waals surface area contributed by atoms with Crippen molar-refractivity contribution in [3.63, 3.8) is 0 Å². The monoisotopic (exact) mass is 244 g/mol. The summed E-state index contributed by atoms with van der Waals surface area (Å²) in [6.07, 6.45) is 0.897. The Bertz CT molecular complexity index is 366. The second-order valence-electron chi connectivity index (χ2n) is 3.69. The van der Waals surface area contributed by atoms with Gasteiger partial charge in [-0.05, 0) is 18.6 Å². The minimum atomic E-state index is -0.0177. The minimum absolute atomic E-state index is 0.0177. The standard InChI is InChI=1S/C10H13ClN2OS/c1-13-5-4-8(10(13)14)12-6-7-2-3-9(11)15-7/h2-3,8,12H,4-6H2,1H3. The third kappa shape index (κ3) is 2.51. The Labute approximate surface area is 98.0 Å². The van der Waals surface area contributed by atoms with Crippen LogP contribution in [0.15, 0.2) is 12.1 Å². The molecule has 5 heteroatoms. The zero-order chi connectivity index (χ0) is 10.8. The molecule has 1 amide bonds. The average Bonchev–Trinajstić information content (AvgIpc) is 2.74. The van der Waals surface area contributed by atoms with Gasteiger partial charge in [-0.3, -0.25) is 4.79 Å². The van der Waals surface area contributed by atoms with Gasteiger partial charge in [-0.2, -0.15) is 0 Å². The number of hydrogen-bond donors (Lipinski definition) is 1. The third-order valence-electron chi connectivity index (χ3n) is 2.58. The van der Waals surface area contributed by atoms with Crippen molar-refractivity contribution < 1.29 is 4.79 Å². The smallest absolute Gasteiger partial charge is 0.239 e. The van der Waals surface area contributed by atoms with Gasteiger partial charge in [0, 0.05) is 25.0 Å². The molecule has 2 heterocycles. The van der Waals surface area contributed by atoms with E-state index in [1.165, 1.54) is 4.88 Å². The van der Waals surface area contributed by atoms with Crippen molar-refractivity contribution in [2.45, 2.75) is 19.0 Å².